The number of ether oxygens (including phenoxy) is 1. The lowest BCUT2D eigenvalue weighted by atomic mass is 9.45. The first-order valence-electron chi connectivity index (χ1n) is 11.8. The van der Waals surface area contributed by atoms with Crippen LogP contribution in [-0.4, -0.2) is 45.4 Å². The van der Waals surface area contributed by atoms with Crippen LogP contribution in [0.3, 0.4) is 0 Å². The number of aliphatic hydroxyl groups is 1. The quantitative estimate of drug-likeness (QED) is 0.560. The molecule has 2 unspecified atom stereocenters. The zero-order valence-electron chi connectivity index (χ0n) is 19.8. The Morgan fingerprint density at radius 2 is 1.97 bits per heavy atom. The normalized spacial score (nSPS) is 45.5. The molecule has 9 heteroatoms. The van der Waals surface area contributed by atoms with Gasteiger partial charge in [0.25, 0.3) is 0 Å². The standard InChI is InChI=1S/C25H31F3O5S/c1-5-20(31)33-25(21(32)34-12-26)13(2)8-15-16-10-18(27)17-9-14(29)6-7-22(17,3)24(16,28)19(30)11-23(15,25)4/h6-7,13,15-16,19,30H,5,8-12H2,1-4H3/t13-,15?,16?,19+,22+,23+,24+,25+/m1/s1. The second-order valence-corrected chi connectivity index (χ2v) is 11.5. The van der Waals surface area contributed by atoms with E-state index in [9.17, 15) is 23.9 Å². The molecule has 2 fully saturated rings. The number of rotatable bonds is 4. The molecule has 0 amide bonds. The molecule has 0 radical (unpaired) electrons. The molecule has 0 aromatic heterocycles. The van der Waals surface area contributed by atoms with Crippen molar-refractivity contribution in [3.05, 3.63) is 23.6 Å². The number of carbonyl (C=O) groups excluding carboxylic acids is 3. The maximum atomic E-state index is 17.2. The Morgan fingerprint density at radius 3 is 2.59 bits per heavy atom. The summed E-state index contributed by atoms with van der Waals surface area (Å²) in [5, 5.41) is 10.7. The van der Waals surface area contributed by atoms with Crippen molar-refractivity contribution in [2.45, 2.75) is 77.2 Å². The van der Waals surface area contributed by atoms with Crippen LogP contribution in [0.5, 0.6) is 0 Å². The van der Waals surface area contributed by atoms with E-state index in [1.54, 1.807) is 20.8 Å². The van der Waals surface area contributed by atoms with Gasteiger partial charge in [0.05, 0.1) is 6.10 Å². The molecule has 4 aliphatic carbocycles. The Balaban J connectivity index is 1.89. The molecule has 188 valence electrons. The Labute approximate surface area is 201 Å². The third kappa shape index (κ3) is 3.01. The molecule has 34 heavy (non-hydrogen) atoms. The van der Waals surface area contributed by atoms with Gasteiger partial charge in [-0.15, -0.1) is 0 Å². The Kier molecular flexibility index (Phi) is 6.16. The second-order valence-electron chi connectivity index (χ2n) is 10.6. The minimum Gasteiger partial charge on any atom is -0.449 e. The van der Waals surface area contributed by atoms with Gasteiger partial charge in [-0.05, 0) is 49.1 Å². The fourth-order valence-electron chi connectivity index (χ4n) is 7.60. The molecule has 0 aliphatic heterocycles. The summed E-state index contributed by atoms with van der Waals surface area (Å²) in [7, 11) is 0. The van der Waals surface area contributed by atoms with Gasteiger partial charge < -0.3 is 9.84 Å². The molecule has 0 saturated heterocycles. The molecule has 0 bridgehead atoms. The molecule has 0 aromatic carbocycles. The third-order valence-corrected chi connectivity index (χ3v) is 9.93. The summed E-state index contributed by atoms with van der Waals surface area (Å²) < 4.78 is 51.8. The minimum atomic E-state index is -2.29. The highest BCUT2D eigenvalue weighted by atomic mass is 32.2. The van der Waals surface area contributed by atoms with Crippen molar-refractivity contribution in [2.24, 2.45) is 28.6 Å². The fraction of sp³-hybridized carbons (Fsp3) is 0.720. The molecule has 0 aromatic rings. The summed E-state index contributed by atoms with van der Waals surface area (Å²) in [6.45, 7) is 6.46. The summed E-state index contributed by atoms with van der Waals surface area (Å²) >= 11 is 0.396. The third-order valence-electron chi connectivity index (χ3n) is 9.25. The van der Waals surface area contributed by atoms with Gasteiger partial charge in [-0.2, -0.15) is 0 Å². The molecule has 2 saturated carbocycles. The number of ketones is 1. The molecule has 1 N–H and O–H groups in total. The van der Waals surface area contributed by atoms with Gasteiger partial charge in [0.1, 0.15) is 11.8 Å². The van der Waals surface area contributed by atoms with Crippen LogP contribution in [0.1, 0.15) is 59.8 Å². The molecule has 8 atom stereocenters. The summed E-state index contributed by atoms with van der Waals surface area (Å²) in [5.74, 6) is -3.79. The zero-order valence-corrected chi connectivity index (χ0v) is 20.6. The number of carbonyl (C=O) groups is 3. The highest BCUT2D eigenvalue weighted by Crippen LogP contribution is 2.72. The van der Waals surface area contributed by atoms with E-state index in [0.717, 1.165) is 0 Å². The first-order valence-corrected chi connectivity index (χ1v) is 12.7. The summed E-state index contributed by atoms with van der Waals surface area (Å²) in [5.41, 5.74) is -6.77. The van der Waals surface area contributed by atoms with Crippen LogP contribution in [0.4, 0.5) is 13.2 Å². The lowest BCUT2D eigenvalue weighted by molar-refractivity contribution is -0.223. The van der Waals surface area contributed by atoms with Crippen molar-refractivity contribution in [1.29, 1.82) is 0 Å². The first kappa shape index (κ1) is 25.5. The van der Waals surface area contributed by atoms with Crippen LogP contribution in [0, 0.1) is 28.6 Å². The van der Waals surface area contributed by atoms with Crippen molar-refractivity contribution in [2.75, 3.05) is 6.01 Å². The number of alkyl halides is 2. The maximum Gasteiger partial charge on any atom is 0.306 e. The lowest BCUT2D eigenvalue weighted by Crippen LogP contribution is -2.69. The van der Waals surface area contributed by atoms with Gasteiger partial charge in [-0.1, -0.05) is 26.8 Å². The SMILES string of the molecule is CCC(=O)O[C@]1(C(=O)SCF)[C@H](C)CC2C3CC(F)=C4CC(=O)C=C[C@]4(C)[C@@]3(F)[C@@H](O)C[C@@]21C. The summed E-state index contributed by atoms with van der Waals surface area (Å²) in [6.07, 6.45) is 0.414. The smallest absolute Gasteiger partial charge is 0.306 e. The lowest BCUT2D eigenvalue weighted by Gasteiger charge is -2.62. The number of aliphatic hydroxyl groups excluding tert-OH is 1. The van der Waals surface area contributed by atoms with Crippen molar-refractivity contribution >= 4 is 28.6 Å². The van der Waals surface area contributed by atoms with Crippen LogP contribution in [-0.2, 0) is 19.1 Å². The fourth-order valence-corrected chi connectivity index (χ4v) is 8.39. The number of hydrogen-bond acceptors (Lipinski definition) is 6. The van der Waals surface area contributed by atoms with Crippen molar-refractivity contribution in [1.82, 2.24) is 0 Å². The van der Waals surface area contributed by atoms with Gasteiger partial charge in [0.2, 0.25) is 5.12 Å². The average molecular weight is 501 g/mol. The molecule has 4 aliphatic rings. The number of hydrogen-bond donors (Lipinski definition) is 1. The zero-order chi connectivity index (χ0) is 25.3. The van der Waals surface area contributed by atoms with E-state index in [1.807, 2.05) is 0 Å². The Bertz CT molecular complexity index is 997. The van der Waals surface area contributed by atoms with Crippen LogP contribution in [0.15, 0.2) is 23.6 Å². The Hall–Kier alpha value is -1.61. The molecule has 4 rings (SSSR count). The number of halogens is 3. The molecule has 0 spiro atoms. The largest absolute Gasteiger partial charge is 0.449 e. The van der Waals surface area contributed by atoms with E-state index in [4.69, 9.17) is 4.74 Å². The summed E-state index contributed by atoms with van der Waals surface area (Å²) in [6, 6.07) is -1.02. The van der Waals surface area contributed by atoms with Crippen LogP contribution in [0.25, 0.3) is 0 Å². The summed E-state index contributed by atoms with van der Waals surface area (Å²) in [4.78, 5) is 37.8. The monoisotopic (exact) mass is 500 g/mol. The van der Waals surface area contributed by atoms with Crippen LogP contribution >= 0.6 is 11.8 Å². The predicted octanol–water partition coefficient (Wildman–Crippen LogP) is 4.78. The van der Waals surface area contributed by atoms with Gasteiger partial charge in [-0.3, -0.25) is 14.4 Å². The van der Waals surface area contributed by atoms with Crippen LogP contribution < -0.4 is 0 Å². The van der Waals surface area contributed by atoms with Crippen molar-refractivity contribution in [3.63, 3.8) is 0 Å². The minimum absolute atomic E-state index is 0.0144. The molecule has 5 nitrogen and oxygen atoms in total. The highest BCUT2D eigenvalue weighted by Gasteiger charge is 2.77. The molecular weight excluding hydrogens is 469 g/mol. The van der Waals surface area contributed by atoms with E-state index in [0.29, 0.717) is 11.8 Å². The highest BCUT2D eigenvalue weighted by molar-refractivity contribution is 8.13. The van der Waals surface area contributed by atoms with E-state index in [-0.39, 0.29) is 43.5 Å². The van der Waals surface area contributed by atoms with E-state index in [1.165, 1.54) is 19.1 Å². The number of thioether (sulfide) groups is 1. The molecule has 0 heterocycles. The van der Waals surface area contributed by atoms with Crippen LogP contribution in [0.2, 0.25) is 0 Å². The second kappa shape index (κ2) is 8.22. The average Bonchev–Trinajstić information content (AvgIpc) is 2.99. The number of esters is 1. The van der Waals surface area contributed by atoms with E-state index >= 15 is 8.78 Å². The maximum absolute atomic E-state index is 17.2. The predicted molar refractivity (Wildman–Crippen MR) is 121 cm³/mol. The van der Waals surface area contributed by atoms with Crippen molar-refractivity contribution in [3.8, 4) is 0 Å². The van der Waals surface area contributed by atoms with E-state index < -0.39 is 68.9 Å². The van der Waals surface area contributed by atoms with Gasteiger partial charge in [-0.25, -0.2) is 13.2 Å². The van der Waals surface area contributed by atoms with Gasteiger partial charge >= 0.3 is 5.97 Å². The van der Waals surface area contributed by atoms with Gasteiger partial charge in [0.15, 0.2) is 17.1 Å². The number of fused-ring (bicyclic) bond motifs is 5. The first-order chi connectivity index (χ1) is 15.8. The Morgan fingerprint density at radius 1 is 1.29 bits per heavy atom. The van der Waals surface area contributed by atoms with E-state index in [2.05, 4.69) is 0 Å². The van der Waals surface area contributed by atoms with Crippen molar-refractivity contribution < 1.29 is 37.4 Å². The van der Waals surface area contributed by atoms with Gasteiger partial charge in [0, 0.05) is 41.9 Å². The topological polar surface area (TPSA) is 80.7 Å². The number of allylic oxidation sites excluding steroid dienone is 4. The molecular formula is C25H31F3O5S.